The highest BCUT2D eigenvalue weighted by molar-refractivity contribution is 7.85. The highest BCUT2D eigenvalue weighted by atomic mass is 32.2. The van der Waals surface area contributed by atoms with Gasteiger partial charge in [-0.25, -0.2) is 0 Å². The molecule has 0 radical (unpaired) electrons. The van der Waals surface area contributed by atoms with E-state index in [2.05, 4.69) is 0 Å². The maximum absolute atomic E-state index is 11.8. The summed E-state index contributed by atoms with van der Waals surface area (Å²) in [6.07, 6.45) is 1.48. The minimum Gasteiger partial charge on any atom is -0.508 e. The van der Waals surface area contributed by atoms with Crippen LogP contribution in [-0.4, -0.2) is 33.2 Å². The van der Waals surface area contributed by atoms with Gasteiger partial charge in [0.05, 0.1) is 5.56 Å². The molecule has 2 rings (SSSR count). The molecule has 80 valence electrons. The van der Waals surface area contributed by atoms with Gasteiger partial charge in [-0.1, -0.05) is 0 Å². The Kier molecular flexibility index (Phi) is 2.48. The second-order valence-electron chi connectivity index (χ2n) is 3.34. The Bertz CT molecular complexity index is 441. The van der Waals surface area contributed by atoms with Crippen molar-refractivity contribution in [3.05, 3.63) is 23.8 Å². The van der Waals surface area contributed by atoms with E-state index in [-0.39, 0.29) is 18.1 Å². The summed E-state index contributed by atoms with van der Waals surface area (Å²) < 4.78 is 16.5. The molecule has 5 heteroatoms. The van der Waals surface area contributed by atoms with Gasteiger partial charge in [0, 0.05) is 23.1 Å². The van der Waals surface area contributed by atoms with Crippen molar-refractivity contribution in [1.82, 2.24) is 0 Å². The molecule has 0 aliphatic carbocycles. The number of hydrogen-bond donors (Lipinski definition) is 1. The van der Waals surface area contributed by atoms with E-state index in [9.17, 15) is 14.1 Å². The first-order valence-corrected chi connectivity index (χ1v) is 6.04. The Morgan fingerprint density at radius 2 is 2.27 bits per heavy atom. The number of carbonyl (C=O) groups is 1. The molecule has 1 aliphatic heterocycles. The topological polar surface area (TPSA) is 63.6 Å². The van der Waals surface area contributed by atoms with Crippen LogP contribution in [0.5, 0.6) is 11.5 Å². The Balaban J connectivity index is 2.43. The quantitative estimate of drug-likeness (QED) is 0.766. The van der Waals surface area contributed by atoms with E-state index in [1.165, 1.54) is 24.5 Å². The van der Waals surface area contributed by atoms with Crippen LogP contribution in [0, 0.1) is 0 Å². The summed E-state index contributed by atoms with van der Waals surface area (Å²) in [6.45, 7) is 0.110. The van der Waals surface area contributed by atoms with Crippen molar-refractivity contribution >= 4 is 16.6 Å². The minimum absolute atomic E-state index is 0.0534. The van der Waals surface area contributed by atoms with Gasteiger partial charge in [0.2, 0.25) is 0 Å². The zero-order valence-electron chi connectivity index (χ0n) is 8.10. The second-order valence-corrected chi connectivity index (χ2v) is 4.91. The van der Waals surface area contributed by atoms with Crippen LogP contribution in [0.1, 0.15) is 10.4 Å². The number of benzene rings is 1. The number of Topliss-reactive ketones (excluding diaryl/α,β-unsaturated/α-hetero) is 1. The number of rotatable bonds is 1. The van der Waals surface area contributed by atoms with Crippen LogP contribution in [0.25, 0.3) is 0 Å². The van der Waals surface area contributed by atoms with E-state index in [1.807, 2.05) is 0 Å². The first-order valence-electron chi connectivity index (χ1n) is 4.42. The van der Waals surface area contributed by atoms with E-state index >= 15 is 0 Å². The average Bonchev–Trinajstić information content (AvgIpc) is 2.17. The summed E-state index contributed by atoms with van der Waals surface area (Å²) in [6, 6.07) is 4.30. The zero-order valence-corrected chi connectivity index (χ0v) is 8.91. The molecule has 1 aliphatic rings. The molecule has 0 spiro atoms. The highest BCUT2D eigenvalue weighted by Gasteiger charge is 2.31. The number of carbonyl (C=O) groups excluding carboxylic acids is 1. The maximum atomic E-state index is 11.8. The smallest absolute Gasteiger partial charge is 0.185 e. The average molecular weight is 226 g/mol. The molecule has 1 heterocycles. The molecule has 2 atom stereocenters. The molecule has 0 saturated heterocycles. The molecule has 1 aromatic carbocycles. The van der Waals surface area contributed by atoms with Crippen molar-refractivity contribution in [1.29, 1.82) is 0 Å². The molecule has 0 amide bonds. The van der Waals surface area contributed by atoms with E-state index in [0.717, 1.165) is 0 Å². The predicted molar refractivity (Wildman–Crippen MR) is 55.8 cm³/mol. The highest BCUT2D eigenvalue weighted by Crippen LogP contribution is 2.29. The van der Waals surface area contributed by atoms with Crippen molar-refractivity contribution in [3.63, 3.8) is 0 Å². The van der Waals surface area contributed by atoms with Crippen molar-refractivity contribution in [2.45, 2.75) is 5.25 Å². The van der Waals surface area contributed by atoms with Crippen LogP contribution in [0.4, 0.5) is 0 Å². The fraction of sp³-hybridized carbons (Fsp3) is 0.300. The van der Waals surface area contributed by atoms with Crippen molar-refractivity contribution in [2.75, 3.05) is 12.9 Å². The third-order valence-corrected chi connectivity index (χ3v) is 3.47. The van der Waals surface area contributed by atoms with E-state index in [0.29, 0.717) is 11.3 Å². The Labute approximate surface area is 89.3 Å². The summed E-state index contributed by atoms with van der Waals surface area (Å²) in [7, 11) is -1.23. The van der Waals surface area contributed by atoms with Gasteiger partial charge >= 0.3 is 0 Å². The van der Waals surface area contributed by atoms with Crippen molar-refractivity contribution in [3.8, 4) is 11.5 Å². The molecule has 0 saturated carbocycles. The largest absolute Gasteiger partial charge is 0.508 e. The summed E-state index contributed by atoms with van der Waals surface area (Å²) in [5.41, 5.74) is 0.388. The standard InChI is InChI=1S/C10H10O4S/c1-15(13)9-5-14-8-4-6(11)2-3-7(8)10(9)12/h2-4,9,11H,5H2,1H3. The number of fused-ring (bicyclic) bond motifs is 1. The summed E-state index contributed by atoms with van der Waals surface area (Å²) >= 11 is 0. The van der Waals surface area contributed by atoms with E-state index in [4.69, 9.17) is 4.74 Å². The Morgan fingerprint density at radius 1 is 1.53 bits per heavy atom. The Hall–Kier alpha value is -1.36. The van der Waals surface area contributed by atoms with Crippen LogP contribution in [0.2, 0.25) is 0 Å². The van der Waals surface area contributed by atoms with Gasteiger partial charge in [-0.3, -0.25) is 9.00 Å². The lowest BCUT2D eigenvalue weighted by atomic mass is 10.0. The molecule has 0 fully saturated rings. The van der Waals surface area contributed by atoms with Gasteiger partial charge in [-0.2, -0.15) is 0 Å². The number of hydrogen-bond acceptors (Lipinski definition) is 4. The first-order chi connectivity index (χ1) is 7.09. The van der Waals surface area contributed by atoms with E-state index < -0.39 is 16.0 Å². The monoisotopic (exact) mass is 226 g/mol. The molecule has 2 unspecified atom stereocenters. The number of aromatic hydroxyl groups is 1. The van der Waals surface area contributed by atoms with Gasteiger partial charge in [0.1, 0.15) is 23.4 Å². The molecule has 0 aromatic heterocycles. The fourth-order valence-electron chi connectivity index (χ4n) is 1.50. The SMILES string of the molecule is CS(=O)C1COc2cc(O)ccc2C1=O. The Morgan fingerprint density at radius 3 is 2.93 bits per heavy atom. The van der Waals surface area contributed by atoms with Crippen LogP contribution in [0.15, 0.2) is 18.2 Å². The number of ether oxygens (including phenoxy) is 1. The van der Waals surface area contributed by atoms with Crippen LogP contribution in [-0.2, 0) is 10.8 Å². The fourth-order valence-corrected chi connectivity index (χ4v) is 2.18. The van der Waals surface area contributed by atoms with Gasteiger partial charge in [-0.15, -0.1) is 0 Å². The minimum atomic E-state index is -1.23. The van der Waals surface area contributed by atoms with Crippen molar-refractivity contribution < 1.29 is 18.8 Å². The van der Waals surface area contributed by atoms with Crippen LogP contribution >= 0.6 is 0 Å². The second kappa shape index (κ2) is 3.66. The summed E-state index contributed by atoms with van der Waals surface area (Å²) in [5.74, 6) is 0.233. The van der Waals surface area contributed by atoms with Crippen molar-refractivity contribution in [2.24, 2.45) is 0 Å². The predicted octanol–water partition coefficient (Wildman–Crippen LogP) is 0.714. The third-order valence-electron chi connectivity index (χ3n) is 2.31. The van der Waals surface area contributed by atoms with Crippen LogP contribution < -0.4 is 4.74 Å². The van der Waals surface area contributed by atoms with Gasteiger partial charge in [0.25, 0.3) is 0 Å². The van der Waals surface area contributed by atoms with E-state index in [1.54, 1.807) is 0 Å². The molecule has 0 bridgehead atoms. The van der Waals surface area contributed by atoms with Gasteiger partial charge in [-0.05, 0) is 12.1 Å². The lowest BCUT2D eigenvalue weighted by Gasteiger charge is -2.22. The first kappa shape index (κ1) is 10.2. The van der Waals surface area contributed by atoms with Crippen LogP contribution in [0.3, 0.4) is 0 Å². The van der Waals surface area contributed by atoms with Gasteiger partial charge < -0.3 is 9.84 Å². The lowest BCUT2D eigenvalue weighted by Crippen LogP contribution is -2.35. The number of phenols is 1. The zero-order chi connectivity index (χ0) is 11.0. The maximum Gasteiger partial charge on any atom is 0.185 e. The molecule has 1 aromatic rings. The van der Waals surface area contributed by atoms with Gasteiger partial charge in [0.15, 0.2) is 5.78 Å². The molecule has 15 heavy (non-hydrogen) atoms. The molecular weight excluding hydrogens is 216 g/mol. The summed E-state index contributed by atoms with van der Waals surface area (Å²) in [5, 5.41) is 8.60. The third kappa shape index (κ3) is 1.74. The summed E-state index contributed by atoms with van der Waals surface area (Å²) in [4.78, 5) is 11.8. The number of ketones is 1. The lowest BCUT2D eigenvalue weighted by molar-refractivity contribution is 0.0941. The normalized spacial score (nSPS) is 21.7. The molecule has 1 N–H and O–H groups in total. The molecule has 4 nitrogen and oxygen atoms in total. The number of phenolic OH excluding ortho intramolecular Hbond substituents is 1. The molecular formula is C10H10O4S.